The molecule has 8 heteroatoms. The zero-order valence-electron chi connectivity index (χ0n) is 11.9. The maximum atomic E-state index is 5.82. The van der Waals surface area contributed by atoms with Gasteiger partial charge < -0.3 is 14.9 Å². The van der Waals surface area contributed by atoms with Crippen molar-refractivity contribution in [2.75, 3.05) is 19.1 Å². The van der Waals surface area contributed by atoms with Crippen molar-refractivity contribution >= 4 is 28.1 Å². The summed E-state index contributed by atoms with van der Waals surface area (Å²) in [5, 5.41) is 6.55. The maximum Gasteiger partial charge on any atom is 0.214 e. The van der Waals surface area contributed by atoms with Crippen LogP contribution in [0.1, 0.15) is 18.9 Å². The number of hydrogen-bond acceptors (Lipinski definition) is 5. The first-order valence-corrected chi connectivity index (χ1v) is 7.71. The van der Waals surface area contributed by atoms with Gasteiger partial charge in [0.2, 0.25) is 4.77 Å². The predicted molar refractivity (Wildman–Crippen MR) is 87.0 cm³/mol. The zero-order valence-corrected chi connectivity index (χ0v) is 14.3. The molecule has 0 aliphatic heterocycles. The Morgan fingerprint density at radius 1 is 1.48 bits per heavy atom. The molecule has 0 radical (unpaired) electrons. The van der Waals surface area contributed by atoms with Crippen LogP contribution in [-0.4, -0.2) is 28.6 Å². The van der Waals surface area contributed by atoms with Gasteiger partial charge in [0.15, 0.2) is 11.5 Å². The second kappa shape index (κ2) is 7.46. The van der Waals surface area contributed by atoms with Crippen molar-refractivity contribution in [1.29, 1.82) is 0 Å². The summed E-state index contributed by atoms with van der Waals surface area (Å²) in [6, 6.07) is 3.88. The highest BCUT2D eigenvalue weighted by atomic mass is 79.9. The molecular formula is C13H17BrN4O2S. The molecule has 1 aromatic heterocycles. The van der Waals surface area contributed by atoms with Crippen LogP contribution in [0.3, 0.4) is 0 Å². The van der Waals surface area contributed by atoms with E-state index in [0.717, 1.165) is 22.2 Å². The van der Waals surface area contributed by atoms with E-state index in [1.54, 1.807) is 18.1 Å². The van der Waals surface area contributed by atoms with Crippen LogP contribution in [0.2, 0.25) is 0 Å². The molecule has 0 bridgehead atoms. The Bertz CT molecular complexity index is 656. The van der Waals surface area contributed by atoms with Gasteiger partial charge in [0, 0.05) is 10.0 Å². The van der Waals surface area contributed by atoms with Gasteiger partial charge in [0.1, 0.15) is 6.33 Å². The fourth-order valence-corrected chi connectivity index (χ4v) is 2.45. The van der Waals surface area contributed by atoms with Gasteiger partial charge in [0.25, 0.3) is 0 Å². The smallest absolute Gasteiger partial charge is 0.214 e. The van der Waals surface area contributed by atoms with Gasteiger partial charge in [-0.25, -0.2) is 4.68 Å². The van der Waals surface area contributed by atoms with Crippen molar-refractivity contribution in [3.05, 3.63) is 33.3 Å². The number of benzene rings is 1. The van der Waals surface area contributed by atoms with Crippen LogP contribution in [0.25, 0.3) is 0 Å². The van der Waals surface area contributed by atoms with E-state index < -0.39 is 0 Å². The molecule has 6 nitrogen and oxygen atoms in total. The van der Waals surface area contributed by atoms with Gasteiger partial charge >= 0.3 is 0 Å². The van der Waals surface area contributed by atoms with Crippen LogP contribution in [0.4, 0.5) is 0 Å². The lowest BCUT2D eigenvalue weighted by Crippen LogP contribution is -2.14. The van der Waals surface area contributed by atoms with Crippen molar-refractivity contribution in [3.8, 4) is 11.5 Å². The summed E-state index contributed by atoms with van der Waals surface area (Å²) in [5.41, 5.74) is 4.14. The summed E-state index contributed by atoms with van der Waals surface area (Å²) >= 11 is 8.58. The van der Waals surface area contributed by atoms with Crippen LogP contribution in [0.15, 0.2) is 22.9 Å². The van der Waals surface area contributed by atoms with Gasteiger partial charge in [-0.2, -0.15) is 5.10 Å². The molecule has 0 aliphatic carbocycles. The normalized spacial score (nSPS) is 10.4. The fraction of sp³-hybridized carbons (Fsp3) is 0.385. The first kappa shape index (κ1) is 15.8. The lowest BCUT2D eigenvalue weighted by Gasteiger charge is -2.16. The number of methoxy groups -OCH3 is 1. The number of nitrogens with one attached hydrogen (secondary N) is 2. The van der Waals surface area contributed by atoms with E-state index in [0.29, 0.717) is 23.7 Å². The number of aromatic amines is 1. The Hall–Kier alpha value is -1.54. The molecule has 0 amide bonds. The lowest BCUT2D eigenvalue weighted by atomic mass is 10.2. The van der Waals surface area contributed by atoms with E-state index >= 15 is 0 Å². The fourth-order valence-electron chi connectivity index (χ4n) is 1.80. The van der Waals surface area contributed by atoms with E-state index in [4.69, 9.17) is 21.7 Å². The number of hydrogen-bond donors (Lipinski definition) is 2. The van der Waals surface area contributed by atoms with Gasteiger partial charge in [-0.1, -0.05) is 22.9 Å². The third kappa shape index (κ3) is 3.98. The Morgan fingerprint density at radius 3 is 2.90 bits per heavy atom. The first-order chi connectivity index (χ1) is 10.2. The summed E-state index contributed by atoms with van der Waals surface area (Å²) in [6.07, 6.45) is 2.52. The molecule has 0 fully saturated rings. The maximum absolute atomic E-state index is 5.82. The summed E-state index contributed by atoms with van der Waals surface area (Å²) in [4.78, 5) is 0. The molecule has 2 aromatic rings. The monoisotopic (exact) mass is 372 g/mol. The van der Waals surface area contributed by atoms with Crippen LogP contribution in [0, 0.1) is 4.77 Å². The number of aromatic nitrogens is 3. The van der Waals surface area contributed by atoms with Crippen molar-refractivity contribution in [2.45, 2.75) is 19.9 Å². The second-order valence-electron chi connectivity index (χ2n) is 4.31. The van der Waals surface area contributed by atoms with E-state index in [2.05, 4.69) is 38.5 Å². The average molecular weight is 373 g/mol. The minimum Gasteiger partial charge on any atom is -0.493 e. The minimum absolute atomic E-state index is 0.507. The summed E-state index contributed by atoms with van der Waals surface area (Å²) < 4.78 is 14.3. The molecule has 2 rings (SSSR count). The molecule has 0 atom stereocenters. The first-order valence-electron chi connectivity index (χ1n) is 6.50. The highest BCUT2D eigenvalue weighted by Crippen LogP contribution is 2.35. The number of ether oxygens (including phenoxy) is 2. The minimum atomic E-state index is 0.507. The molecule has 1 aromatic carbocycles. The number of halogens is 1. The highest BCUT2D eigenvalue weighted by molar-refractivity contribution is 9.10. The van der Waals surface area contributed by atoms with Crippen molar-refractivity contribution in [1.82, 2.24) is 14.9 Å². The van der Waals surface area contributed by atoms with Crippen LogP contribution < -0.4 is 14.9 Å². The number of nitrogens with zero attached hydrogens (tertiary/aromatic N) is 2. The summed E-state index contributed by atoms with van der Waals surface area (Å²) in [7, 11) is 1.63. The Labute approximate surface area is 136 Å². The number of rotatable bonds is 7. The van der Waals surface area contributed by atoms with Crippen molar-refractivity contribution in [2.24, 2.45) is 0 Å². The van der Waals surface area contributed by atoms with Crippen LogP contribution in [0.5, 0.6) is 11.5 Å². The topological polar surface area (TPSA) is 64.1 Å². The largest absolute Gasteiger partial charge is 0.493 e. The molecule has 0 unspecified atom stereocenters. The highest BCUT2D eigenvalue weighted by Gasteiger charge is 2.12. The standard InChI is InChI=1S/C13H17BrN4O2S/c1-3-4-20-12-9(5-10(14)6-11(12)19-2)7-16-18-8-15-17-13(18)21/h5-6,8,16H,3-4,7H2,1-2H3,(H,17,21). The number of H-pyrrole nitrogens is 1. The van der Waals surface area contributed by atoms with Gasteiger partial charge in [-0.05, 0) is 30.8 Å². The van der Waals surface area contributed by atoms with Gasteiger partial charge in [-0.15, -0.1) is 0 Å². The van der Waals surface area contributed by atoms with Crippen LogP contribution in [-0.2, 0) is 6.54 Å². The Balaban J connectivity index is 2.25. The van der Waals surface area contributed by atoms with E-state index in [9.17, 15) is 0 Å². The molecule has 21 heavy (non-hydrogen) atoms. The molecule has 0 aliphatic rings. The van der Waals surface area contributed by atoms with E-state index in [1.807, 2.05) is 12.1 Å². The molecule has 114 valence electrons. The third-order valence-electron chi connectivity index (χ3n) is 2.76. The summed E-state index contributed by atoms with van der Waals surface area (Å²) in [5.74, 6) is 1.44. The molecule has 2 N–H and O–H groups in total. The third-order valence-corrected chi connectivity index (χ3v) is 3.50. The Kier molecular flexibility index (Phi) is 5.63. The second-order valence-corrected chi connectivity index (χ2v) is 5.61. The quantitative estimate of drug-likeness (QED) is 0.730. The molecular weight excluding hydrogens is 356 g/mol. The van der Waals surface area contributed by atoms with Crippen molar-refractivity contribution in [3.63, 3.8) is 0 Å². The molecule has 0 saturated heterocycles. The molecule has 1 heterocycles. The molecule has 0 saturated carbocycles. The lowest BCUT2D eigenvalue weighted by molar-refractivity contribution is 0.291. The summed E-state index contributed by atoms with van der Waals surface area (Å²) in [6.45, 7) is 3.23. The van der Waals surface area contributed by atoms with Crippen molar-refractivity contribution < 1.29 is 9.47 Å². The van der Waals surface area contributed by atoms with E-state index in [1.165, 1.54) is 0 Å². The van der Waals surface area contributed by atoms with E-state index in [-0.39, 0.29) is 0 Å². The van der Waals surface area contributed by atoms with Crippen LogP contribution >= 0.6 is 28.1 Å². The Morgan fingerprint density at radius 2 is 2.29 bits per heavy atom. The average Bonchev–Trinajstić information content (AvgIpc) is 2.88. The SMILES string of the molecule is CCCOc1c(CNn2cn[nH]c2=S)cc(Br)cc1OC. The predicted octanol–water partition coefficient (Wildman–Crippen LogP) is 3.24. The zero-order chi connectivity index (χ0) is 15.2. The van der Waals surface area contributed by atoms with Gasteiger partial charge in [0.05, 0.1) is 20.3 Å². The molecule has 0 spiro atoms. The van der Waals surface area contributed by atoms with Gasteiger partial charge in [-0.3, -0.25) is 5.10 Å².